The number of thioether (sulfide) groups is 1. The van der Waals surface area contributed by atoms with Crippen molar-refractivity contribution in [2.45, 2.75) is 18.5 Å². The molecule has 1 aromatic carbocycles. The van der Waals surface area contributed by atoms with E-state index in [0.29, 0.717) is 17.9 Å². The summed E-state index contributed by atoms with van der Waals surface area (Å²) in [7, 11) is 1.94. The summed E-state index contributed by atoms with van der Waals surface area (Å²) in [6.45, 7) is 1.93. The summed E-state index contributed by atoms with van der Waals surface area (Å²) in [5.41, 5.74) is 8.16. The highest BCUT2D eigenvalue weighted by Crippen LogP contribution is 2.19. The van der Waals surface area contributed by atoms with E-state index in [0.717, 1.165) is 16.4 Å². The van der Waals surface area contributed by atoms with Crippen LogP contribution in [0.3, 0.4) is 0 Å². The van der Waals surface area contributed by atoms with Crippen LogP contribution in [0.2, 0.25) is 0 Å². The van der Waals surface area contributed by atoms with Crippen LogP contribution in [0.1, 0.15) is 12.0 Å². The molecule has 0 saturated heterocycles. The first-order chi connectivity index (χ1) is 9.56. The van der Waals surface area contributed by atoms with Crippen LogP contribution >= 0.6 is 11.8 Å². The van der Waals surface area contributed by atoms with Gasteiger partial charge in [-0.15, -0.1) is 0 Å². The predicted octanol–water partition coefficient (Wildman–Crippen LogP) is 2.43. The number of hydrogen-bond acceptors (Lipinski definition) is 4. The van der Waals surface area contributed by atoms with Crippen molar-refractivity contribution in [2.75, 3.05) is 16.8 Å². The Hall–Kier alpha value is -1.95. The molecule has 0 aliphatic heterocycles. The van der Waals surface area contributed by atoms with E-state index in [1.165, 1.54) is 0 Å². The van der Waals surface area contributed by atoms with Gasteiger partial charge in [0.25, 0.3) is 0 Å². The molecule has 0 radical (unpaired) electrons. The number of aryl methyl sites for hydroxylation is 2. The fourth-order valence-electron chi connectivity index (χ4n) is 1.77. The third-order valence-electron chi connectivity index (χ3n) is 2.86. The zero-order valence-corrected chi connectivity index (χ0v) is 12.4. The quantitative estimate of drug-likeness (QED) is 0.655. The average molecular weight is 290 g/mol. The summed E-state index contributed by atoms with van der Waals surface area (Å²) in [5, 5.41) is 3.82. The standard InChI is InChI=1S/C14H18N4OS/c1-10-9-11(15)3-4-12(10)17-13(19)5-8-20-14-16-6-7-18(14)2/h3-4,6-7,9H,5,8,15H2,1-2H3,(H,17,19). The fourth-order valence-corrected chi connectivity index (χ4v) is 2.64. The number of rotatable bonds is 5. The van der Waals surface area contributed by atoms with Gasteiger partial charge in [-0.05, 0) is 30.7 Å². The number of aromatic nitrogens is 2. The first-order valence-electron chi connectivity index (χ1n) is 6.32. The highest BCUT2D eigenvalue weighted by molar-refractivity contribution is 7.99. The molecule has 0 aliphatic carbocycles. The van der Waals surface area contributed by atoms with Crippen LogP contribution in [0.4, 0.5) is 11.4 Å². The second-order valence-electron chi connectivity index (χ2n) is 4.54. The lowest BCUT2D eigenvalue weighted by molar-refractivity contribution is -0.115. The van der Waals surface area contributed by atoms with Crippen LogP contribution in [0.5, 0.6) is 0 Å². The first-order valence-corrected chi connectivity index (χ1v) is 7.31. The number of anilines is 2. The highest BCUT2D eigenvalue weighted by atomic mass is 32.2. The Labute approximate surface area is 122 Å². The van der Waals surface area contributed by atoms with Crippen LogP contribution in [-0.2, 0) is 11.8 Å². The maximum absolute atomic E-state index is 11.9. The molecule has 1 amide bonds. The van der Waals surface area contributed by atoms with Gasteiger partial charge in [0.2, 0.25) is 5.91 Å². The van der Waals surface area contributed by atoms with Crippen molar-refractivity contribution in [3.8, 4) is 0 Å². The molecule has 0 spiro atoms. The Morgan fingerprint density at radius 3 is 2.95 bits per heavy atom. The van der Waals surface area contributed by atoms with Gasteiger partial charge in [0.1, 0.15) is 0 Å². The fraction of sp³-hybridized carbons (Fsp3) is 0.286. The van der Waals surface area contributed by atoms with E-state index in [1.807, 2.05) is 36.9 Å². The van der Waals surface area contributed by atoms with Crippen molar-refractivity contribution >= 4 is 29.0 Å². The third-order valence-corrected chi connectivity index (χ3v) is 3.92. The summed E-state index contributed by atoms with van der Waals surface area (Å²) in [6, 6.07) is 5.46. The van der Waals surface area contributed by atoms with E-state index in [-0.39, 0.29) is 5.91 Å². The third kappa shape index (κ3) is 3.77. The Bertz CT molecular complexity index is 609. The van der Waals surface area contributed by atoms with Crippen molar-refractivity contribution in [3.05, 3.63) is 36.2 Å². The van der Waals surface area contributed by atoms with Gasteiger partial charge in [0.05, 0.1) is 0 Å². The smallest absolute Gasteiger partial charge is 0.225 e. The second-order valence-corrected chi connectivity index (χ2v) is 5.60. The minimum atomic E-state index is -0.000388. The van der Waals surface area contributed by atoms with Gasteiger partial charge in [-0.1, -0.05) is 11.8 Å². The molecule has 3 N–H and O–H groups in total. The number of nitrogens with one attached hydrogen (secondary N) is 1. The predicted molar refractivity (Wildman–Crippen MR) is 82.8 cm³/mol. The Kier molecular flexibility index (Phi) is 4.68. The van der Waals surface area contributed by atoms with Gasteiger partial charge in [0, 0.05) is 43.0 Å². The zero-order valence-electron chi connectivity index (χ0n) is 11.6. The first kappa shape index (κ1) is 14.5. The van der Waals surface area contributed by atoms with Gasteiger partial charge in [0.15, 0.2) is 5.16 Å². The number of benzene rings is 1. The molecule has 2 aromatic rings. The lowest BCUT2D eigenvalue weighted by Crippen LogP contribution is -2.13. The molecule has 0 bridgehead atoms. The van der Waals surface area contributed by atoms with E-state index in [1.54, 1.807) is 24.0 Å². The van der Waals surface area contributed by atoms with Gasteiger partial charge < -0.3 is 15.6 Å². The lowest BCUT2D eigenvalue weighted by atomic mass is 10.2. The summed E-state index contributed by atoms with van der Waals surface area (Å²) >= 11 is 1.57. The van der Waals surface area contributed by atoms with Crippen LogP contribution in [0.25, 0.3) is 0 Å². The molecule has 5 nitrogen and oxygen atoms in total. The van der Waals surface area contributed by atoms with Gasteiger partial charge in [-0.2, -0.15) is 0 Å². The van der Waals surface area contributed by atoms with Gasteiger partial charge in [-0.25, -0.2) is 4.98 Å². The maximum Gasteiger partial charge on any atom is 0.225 e. The monoisotopic (exact) mass is 290 g/mol. The molecule has 0 fully saturated rings. The SMILES string of the molecule is Cc1cc(N)ccc1NC(=O)CCSc1nccn1C. The Morgan fingerprint density at radius 1 is 1.50 bits per heavy atom. The molecular weight excluding hydrogens is 272 g/mol. The van der Waals surface area contributed by atoms with Crippen molar-refractivity contribution in [1.29, 1.82) is 0 Å². The molecule has 1 aromatic heterocycles. The molecule has 106 valence electrons. The minimum Gasteiger partial charge on any atom is -0.399 e. The van der Waals surface area contributed by atoms with E-state index >= 15 is 0 Å². The molecule has 0 atom stereocenters. The molecule has 0 saturated carbocycles. The number of carbonyl (C=O) groups is 1. The van der Waals surface area contributed by atoms with E-state index in [2.05, 4.69) is 10.3 Å². The average Bonchev–Trinajstić information content (AvgIpc) is 2.79. The Morgan fingerprint density at radius 2 is 2.30 bits per heavy atom. The summed E-state index contributed by atoms with van der Waals surface area (Å²) in [4.78, 5) is 16.1. The topological polar surface area (TPSA) is 72.9 Å². The highest BCUT2D eigenvalue weighted by Gasteiger charge is 2.06. The maximum atomic E-state index is 11.9. The minimum absolute atomic E-state index is 0.000388. The number of nitrogens with two attached hydrogens (primary N) is 1. The van der Waals surface area contributed by atoms with E-state index < -0.39 is 0 Å². The van der Waals surface area contributed by atoms with Crippen molar-refractivity contribution in [1.82, 2.24) is 9.55 Å². The van der Waals surface area contributed by atoms with E-state index in [9.17, 15) is 4.79 Å². The zero-order chi connectivity index (χ0) is 14.5. The molecule has 1 heterocycles. The normalized spacial score (nSPS) is 10.5. The number of imidazole rings is 1. The number of nitrogen functional groups attached to an aromatic ring is 1. The summed E-state index contributed by atoms with van der Waals surface area (Å²) < 4.78 is 1.94. The Balaban J connectivity index is 1.82. The van der Waals surface area contributed by atoms with E-state index in [4.69, 9.17) is 5.73 Å². The van der Waals surface area contributed by atoms with Crippen LogP contribution in [-0.4, -0.2) is 21.2 Å². The van der Waals surface area contributed by atoms with Crippen LogP contribution < -0.4 is 11.1 Å². The van der Waals surface area contributed by atoms with Crippen molar-refractivity contribution in [3.63, 3.8) is 0 Å². The number of amides is 1. The summed E-state index contributed by atoms with van der Waals surface area (Å²) in [6.07, 6.45) is 4.08. The number of hydrogen-bond donors (Lipinski definition) is 2. The largest absolute Gasteiger partial charge is 0.399 e. The van der Waals surface area contributed by atoms with Crippen molar-refractivity contribution < 1.29 is 4.79 Å². The van der Waals surface area contributed by atoms with Crippen LogP contribution in [0.15, 0.2) is 35.7 Å². The molecule has 0 unspecified atom stereocenters. The molecule has 0 aliphatic rings. The van der Waals surface area contributed by atoms with Crippen LogP contribution in [0, 0.1) is 6.92 Å². The molecule has 2 rings (SSSR count). The molecular formula is C14H18N4OS. The lowest BCUT2D eigenvalue weighted by Gasteiger charge is -2.09. The van der Waals surface area contributed by atoms with Gasteiger partial charge >= 0.3 is 0 Å². The number of nitrogens with zero attached hydrogens (tertiary/aromatic N) is 2. The number of carbonyl (C=O) groups excluding carboxylic acids is 1. The van der Waals surface area contributed by atoms with Crippen molar-refractivity contribution in [2.24, 2.45) is 7.05 Å². The molecule has 6 heteroatoms. The van der Waals surface area contributed by atoms with Gasteiger partial charge in [-0.3, -0.25) is 4.79 Å². The molecule has 20 heavy (non-hydrogen) atoms. The second kappa shape index (κ2) is 6.47. The summed E-state index contributed by atoms with van der Waals surface area (Å²) in [5.74, 6) is 0.699.